The molecular weight excluding hydrogens is 290 g/mol. The van der Waals surface area contributed by atoms with E-state index in [1.165, 1.54) is 0 Å². The van der Waals surface area contributed by atoms with Gasteiger partial charge in [-0.15, -0.1) is 0 Å². The van der Waals surface area contributed by atoms with Gasteiger partial charge >= 0.3 is 0 Å². The molecule has 2 rings (SSSR count). The first-order valence-electron chi connectivity index (χ1n) is 7.68. The lowest BCUT2D eigenvalue weighted by molar-refractivity contribution is 0.1000. The second-order valence-corrected chi connectivity index (χ2v) is 5.42. The van der Waals surface area contributed by atoms with Gasteiger partial charge in [-0.3, -0.25) is 4.79 Å². The summed E-state index contributed by atoms with van der Waals surface area (Å²) in [7, 11) is 0. The summed E-state index contributed by atoms with van der Waals surface area (Å²) in [6.07, 6.45) is 1.36. The lowest BCUT2D eigenvalue weighted by atomic mass is 9.98. The number of rotatable bonds is 6. The number of nitrogens with zero attached hydrogens (tertiary/aromatic N) is 2. The molecule has 0 aliphatic carbocycles. The number of nitriles is 1. The molecule has 0 atom stereocenters. The number of aromatic nitrogens is 1. The highest BCUT2D eigenvalue weighted by atomic mass is 16.3. The molecule has 0 spiro atoms. The molecule has 23 heavy (non-hydrogen) atoms. The van der Waals surface area contributed by atoms with Gasteiger partial charge in [0.15, 0.2) is 0 Å². The number of hydrogen-bond donors (Lipinski definition) is 2. The van der Waals surface area contributed by atoms with Gasteiger partial charge in [0, 0.05) is 30.1 Å². The summed E-state index contributed by atoms with van der Waals surface area (Å²) < 4.78 is 2.06. The predicted octanol–water partition coefficient (Wildman–Crippen LogP) is 2.38. The average molecular weight is 311 g/mol. The fraction of sp³-hybridized carbons (Fsp3) is 0.333. The molecule has 1 aromatic carbocycles. The first kappa shape index (κ1) is 16.8. The van der Waals surface area contributed by atoms with Crippen LogP contribution in [0.4, 0.5) is 0 Å². The normalized spacial score (nSPS) is 10.5. The van der Waals surface area contributed by atoms with Crippen LogP contribution in [0.3, 0.4) is 0 Å². The number of aliphatic hydroxyl groups is 1. The Bertz CT molecular complexity index is 752. The summed E-state index contributed by atoms with van der Waals surface area (Å²) in [5.74, 6) is -0.459. The third-order valence-electron chi connectivity index (χ3n) is 4.05. The minimum Gasteiger partial charge on any atom is -0.396 e. The molecule has 1 aromatic heterocycles. The van der Waals surface area contributed by atoms with E-state index in [0.29, 0.717) is 24.1 Å². The third kappa shape index (κ3) is 3.13. The largest absolute Gasteiger partial charge is 0.396 e. The smallest absolute Gasteiger partial charge is 0.251 e. The van der Waals surface area contributed by atoms with Crippen LogP contribution >= 0.6 is 0 Å². The summed E-state index contributed by atoms with van der Waals surface area (Å²) in [6, 6.07) is 9.25. The van der Waals surface area contributed by atoms with Crippen molar-refractivity contribution in [2.45, 2.75) is 33.2 Å². The van der Waals surface area contributed by atoms with Crippen molar-refractivity contribution in [3.05, 3.63) is 46.8 Å². The van der Waals surface area contributed by atoms with E-state index in [2.05, 4.69) is 10.6 Å². The Morgan fingerprint density at radius 1 is 1.35 bits per heavy atom. The predicted molar refractivity (Wildman–Crippen MR) is 88.9 cm³/mol. The van der Waals surface area contributed by atoms with Crippen molar-refractivity contribution in [1.82, 2.24) is 4.57 Å². The fourth-order valence-corrected chi connectivity index (χ4v) is 3.02. The van der Waals surface area contributed by atoms with E-state index < -0.39 is 5.91 Å². The Kier molecular flexibility index (Phi) is 5.20. The minimum absolute atomic E-state index is 0.0961. The van der Waals surface area contributed by atoms with E-state index in [9.17, 15) is 4.79 Å². The van der Waals surface area contributed by atoms with E-state index >= 15 is 0 Å². The van der Waals surface area contributed by atoms with Gasteiger partial charge in [0.05, 0.1) is 17.2 Å². The zero-order valence-corrected chi connectivity index (χ0v) is 13.5. The van der Waals surface area contributed by atoms with Crippen LogP contribution in [0.15, 0.2) is 24.3 Å². The minimum atomic E-state index is -0.459. The van der Waals surface area contributed by atoms with Crippen molar-refractivity contribution in [3.8, 4) is 17.2 Å². The maximum atomic E-state index is 12.0. The molecule has 0 saturated heterocycles. The van der Waals surface area contributed by atoms with E-state index in [4.69, 9.17) is 16.1 Å². The topological polar surface area (TPSA) is 92.0 Å². The van der Waals surface area contributed by atoms with Crippen LogP contribution in [0.5, 0.6) is 0 Å². The summed E-state index contributed by atoms with van der Waals surface area (Å²) in [5.41, 5.74) is 10.3. The zero-order valence-electron chi connectivity index (χ0n) is 13.5. The van der Waals surface area contributed by atoms with Gasteiger partial charge in [-0.25, -0.2) is 0 Å². The SMILES string of the molecule is CCc1c(-c2ccc(C#N)cc2)c(C(N)=O)c(C)n1CCCO. The van der Waals surface area contributed by atoms with Gasteiger partial charge in [0.2, 0.25) is 0 Å². The van der Waals surface area contributed by atoms with Crippen molar-refractivity contribution in [2.75, 3.05) is 6.61 Å². The van der Waals surface area contributed by atoms with Crippen LogP contribution in [0, 0.1) is 18.3 Å². The standard InChI is InChI=1S/C18H21N3O2/c1-3-15-17(14-7-5-13(11-19)6-8-14)16(18(20)23)12(2)21(15)9-4-10-22/h5-8,22H,3-4,9-10H2,1-2H3,(H2,20,23). The molecule has 0 saturated carbocycles. The lowest BCUT2D eigenvalue weighted by Crippen LogP contribution is -2.13. The third-order valence-corrected chi connectivity index (χ3v) is 4.05. The van der Waals surface area contributed by atoms with E-state index in [1.54, 1.807) is 12.1 Å². The summed E-state index contributed by atoms with van der Waals surface area (Å²) >= 11 is 0. The quantitative estimate of drug-likeness (QED) is 0.858. The van der Waals surface area contributed by atoms with Gasteiger partial charge in [-0.05, 0) is 37.5 Å². The molecule has 5 heteroatoms. The Balaban J connectivity index is 2.68. The molecule has 0 aliphatic heterocycles. The zero-order chi connectivity index (χ0) is 17.0. The summed E-state index contributed by atoms with van der Waals surface area (Å²) in [6.45, 7) is 4.65. The molecule has 0 fully saturated rings. The fourth-order valence-electron chi connectivity index (χ4n) is 3.02. The Hall–Kier alpha value is -2.58. The molecule has 2 aromatic rings. The molecular formula is C18H21N3O2. The van der Waals surface area contributed by atoms with Crippen molar-refractivity contribution >= 4 is 5.91 Å². The molecule has 0 aliphatic rings. The maximum Gasteiger partial charge on any atom is 0.251 e. The highest BCUT2D eigenvalue weighted by Gasteiger charge is 2.23. The number of benzene rings is 1. The lowest BCUT2D eigenvalue weighted by Gasteiger charge is -2.11. The van der Waals surface area contributed by atoms with Crippen molar-refractivity contribution < 1.29 is 9.90 Å². The van der Waals surface area contributed by atoms with Crippen LogP contribution < -0.4 is 5.73 Å². The average Bonchev–Trinajstić information content (AvgIpc) is 2.84. The second-order valence-electron chi connectivity index (χ2n) is 5.42. The molecule has 0 unspecified atom stereocenters. The summed E-state index contributed by atoms with van der Waals surface area (Å²) in [5, 5.41) is 18.0. The van der Waals surface area contributed by atoms with Crippen LogP contribution in [-0.2, 0) is 13.0 Å². The van der Waals surface area contributed by atoms with Gasteiger partial charge in [0.25, 0.3) is 5.91 Å². The Morgan fingerprint density at radius 3 is 2.48 bits per heavy atom. The highest BCUT2D eigenvalue weighted by molar-refractivity contribution is 6.02. The van der Waals surface area contributed by atoms with Crippen molar-refractivity contribution in [1.29, 1.82) is 5.26 Å². The van der Waals surface area contributed by atoms with Gasteiger partial charge < -0.3 is 15.4 Å². The monoisotopic (exact) mass is 311 g/mol. The Labute approximate surface area is 136 Å². The molecule has 3 N–H and O–H groups in total. The first-order chi connectivity index (χ1) is 11.0. The van der Waals surface area contributed by atoms with Crippen LogP contribution in [0.25, 0.3) is 11.1 Å². The molecule has 120 valence electrons. The number of carbonyl (C=O) groups excluding carboxylic acids is 1. The van der Waals surface area contributed by atoms with Crippen LogP contribution in [-0.4, -0.2) is 22.2 Å². The van der Waals surface area contributed by atoms with Crippen LogP contribution in [0.1, 0.15) is 40.7 Å². The molecule has 0 bridgehead atoms. The molecule has 5 nitrogen and oxygen atoms in total. The number of hydrogen-bond acceptors (Lipinski definition) is 3. The highest BCUT2D eigenvalue weighted by Crippen LogP contribution is 2.33. The first-order valence-corrected chi connectivity index (χ1v) is 7.68. The van der Waals surface area contributed by atoms with Crippen molar-refractivity contribution in [3.63, 3.8) is 0 Å². The van der Waals surface area contributed by atoms with Gasteiger partial charge in [-0.1, -0.05) is 19.1 Å². The molecule has 1 heterocycles. The summed E-state index contributed by atoms with van der Waals surface area (Å²) in [4.78, 5) is 12.0. The number of nitrogens with two attached hydrogens (primary N) is 1. The Morgan fingerprint density at radius 2 is 2.00 bits per heavy atom. The van der Waals surface area contributed by atoms with Gasteiger partial charge in [-0.2, -0.15) is 5.26 Å². The van der Waals surface area contributed by atoms with E-state index in [1.807, 2.05) is 26.0 Å². The number of aliphatic hydroxyl groups excluding tert-OH is 1. The van der Waals surface area contributed by atoms with Crippen LogP contribution in [0.2, 0.25) is 0 Å². The van der Waals surface area contributed by atoms with Crippen molar-refractivity contribution in [2.24, 2.45) is 5.73 Å². The molecule has 0 radical (unpaired) electrons. The number of amides is 1. The van der Waals surface area contributed by atoms with E-state index in [0.717, 1.165) is 28.9 Å². The number of primary amides is 1. The maximum absolute atomic E-state index is 12.0. The second kappa shape index (κ2) is 7.12. The van der Waals surface area contributed by atoms with Gasteiger partial charge in [0.1, 0.15) is 0 Å². The van der Waals surface area contributed by atoms with E-state index in [-0.39, 0.29) is 6.61 Å². The number of carbonyl (C=O) groups is 1. The molecule has 1 amide bonds.